The molecule has 0 bridgehead atoms. The number of aliphatic hydroxyl groups is 1. The predicted molar refractivity (Wildman–Crippen MR) is 107 cm³/mol. The second-order valence-electron chi connectivity index (χ2n) is 7.54. The molecule has 1 aliphatic rings. The third-order valence-electron chi connectivity index (χ3n) is 3.59. The summed E-state index contributed by atoms with van der Waals surface area (Å²) in [6.07, 6.45) is 3.55. The van der Waals surface area contributed by atoms with Gasteiger partial charge in [-0.15, -0.1) is 0 Å². The lowest BCUT2D eigenvalue weighted by molar-refractivity contribution is 0.142. The molecular formula is C19H32ClNO2Si. The molecule has 5 heteroatoms. The average Bonchev–Trinajstić information content (AvgIpc) is 2.45. The van der Waals surface area contributed by atoms with Crippen LogP contribution in [0.3, 0.4) is 0 Å². The van der Waals surface area contributed by atoms with E-state index >= 15 is 0 Å². The van der Waals surface area contributed by atoms with Gasteiger partial charge in [0.2, 0.25) is 0 Å². The highest BCUT2D eigenvalue weighted by Gasteiger charge is 2.24. The van der Waals surface area contributed by atoms with Crippen LogP contribution in [0.15, 0.2) is 30.3 Å². The van der Waals surface area contributed by atoms with Crippen LogP contribution < -0.4 is 4.74 Å². The summed E-state index contributed by atoms with van der Waals surface area (Å²) >= 11 is 5.67. The standard InChI is InChI=1S/C16H23NO2.C3H9ClSi/c1-17(2)11-13-9-14(18)7-8-16(13)12-5-4-6-15(10-12)19-3;1-5(2,3)4/h4-6,8,10,13-14,18H,7,9,11H2,1-3H3;1-3H3. The molecule has 2 atom stereocenters. The first-order valence-electron chi connectivity index (χ1n) is 8.46. The van der Waals surface area contributed by atoms with E-state index in [2.05, 4.69) is 56.8 Å². The van der Waals surface area contributed by atoms with E-state index in [0.29, 0.717) is 5.92 Å². The molecule has 1 N–H and O–H groups in total. The summed E-state index contributed by atoms with van der Waals surface area (Å²) in [5.74, 6) is 1.26. The van der Waals surface area contributed by atoms with Crippen molar-refractivity contribution >= 4 is 24.0 Å². The lowest BCUT2D eigenvalue weighted by Crippen LogP contribution is -2.28. The summed E-state index contributed by atoms with van der Waals surface area (Å²) < 4.78 is 5.30. The Morgan fingerprint density at radius 2 is 1.92 bits per heavy atom. The Hall–Kier alpha value is -0.813. The number of ether oxygens (including phenoxy) is 1. The first kappa shape index (κ1) is 21.2. The van der Waals surface area contributed by atoms with Gasteiger partial charge in [0.25, 0.3) is 0 Å². The summed E-state index contributed by atoms with van der Waals surface area (Å²) in [5.41, 5.74) is 2.54. The lowest BCUT2D eigenvalue weighted by Gasteiger charge is -2.30. The second-order valence-corrected chi connectivity index (χ2v) is 15.1. The Labute approximate surface area is 153 Å². The predicted octanol–water partition coefficient (Wildman–Crippen LogP) is 4.47. The highest BCUT2D eigenvalue weighted by atomic mass is 35.6. The smallest absolute Gasteiger partial charge is 0.147 e. The minimum Gasteiger partial charge on any atom is -0.497 e. The Morgan fingerprint density at radius 3 is 2.46 bits per heavy atom. The van der Waals surface area contributed by atoms with Crippen LogP contribution in [0, 0.1) is 5.92 Å². The minimum absolute atomic E-state index is 0.209. The molecule has 0 amide bonds. The van der Waals surface area contributed by atoms with Gasteiger partial charge in [0.1, 0.15) is 13.1 Å². The van der Waals surface area contributed by atoms with Crippen LogP contribution in [-0.4, -0.2) is 51.2 Å². The Bertz CT molecular complexity index is 534. The maximum Gasteiger partial charge on any atom is 0.147 e. The normalized spacial score (nSPS) is 21.0. The first-order chi connectivity index (χ1) is 11.1. The van der Waals surface area contributed by atoms with Crippen molar-refractivity contribution in [2.45, 2.75) is 38.6 Å². The summed E-state index contributed by atoms with van der Waals surface area (Å²) in [7, 11) is 4.70. The Balaban J connectivity index is 0.000000505. The summed E-state index contributed by atoms with van der Waals surface area (Å²) in [6, 6.07) is 8.18. The van der Waals surface area contributed by atoms with Gasteiger partial charge in [-0.05, 0) is 56.1 Å². The molecule has 2 rings (SSSR count). The molecule has 0 radical (unpaired) electrons. The van der Waals surface area contributed by atoms with Crippen molar-refractivity contribution in [2.75, 3.05) is 27.7 Å². The number of benzene rings is 1. The van der Waals surface area contributed by atoms with Crippen molar-refractivity contribution in [1.82, 2.24) is 4.90 Å². The zero-order valence-electron chi connectivity index (χ0n) is 15.8. The van der Waals surface area contributed by atoms with Gasteiger partial charge >= 0.3 is 0 Å². The highest BCUT2D eigenvalue weighted by molar-refractivity contribution is 7.18. The van der Waals surface area contributed by atoms with E-state index in [0.717, 1.165) is 25.1 Å². The molecule has 0 aliphatic heterocycles. The molecular weight excluding hydrogens is 338 g/mol. The van der Waals surface area contributed by atoms with E-state index in [1.54, 1.807) is 7.11 Å². The molecule has 0 saturated carbocycles. The molecule has 1 aromatic carbocycles. The molecule has 0 aromatic heterocycles. The Morgan fingerprint density at radius 1 is 1.29 bits per heavy atom. The van der Waals surface area contributed by atoms with Crippen molar-refractivity contribution < 1.29 is 9.84 Å². The molecule has 0 heterocycles. The number of halogens is 1. The third-order valence-corrected chi connectivity index (χ3v) is 3.59. The summed E-state index contributed by atoms with van der Waals surface area (Å²) in [4.78, 5) is 2.18. The number of methoxy groups -OCH3 is 1. The fourth-order valence-corrected chi connectivity index (χ4v) is 2.75. The topological polar surface area (TPSA) is 32.7 Å². The SMILES string of the molecule is COc1cccc(C2=CCC(O)CC2CN(C)C)c1.C[Si](C)(C)Cl. The number of hydrogen-bond donors (Lipinski definition) is 1. The summed E-state index contributed by atoms with van der Waals surface area (Å²) in [6.45, 7) is 7.23. The molecule has 1 aromatic rings. The molecule has 2 unspecified atom stereocenters. The van der Waals surface area contributed by atoms with Crippen molar-refractivity contribution in [1.29, 1.82) is 0 Å². The maximum atomic E-state index is 9.87. The van der Waals surface area contributed by atoms with Crippen molar-refractivity contribution in [3.63, 3.8) is 0 Å². The van der Waals surface area contributed by atoms with Crippen LogP contribution in [0.1, 0.15) is 18.4 Å². The quantitative estimate of drug-likeness (QED) is 0.627. The number of aliphatic hydroxyl groups excluding tert-OH is 1. The second kappa shape index (κ2) is 9.61. The van der Waals surface area contributed by atoms with E-state index in [1.807, 2.05) is 12.1 Å². The third kappa shape index (κ3) is 8.33. The molecule has 24 heavy (non-hydrogen) atoms. The van der Waals surface area contributed by atoms with Crippen molar-refractivity contribution in [2.24, 2.45) is 5.92 Å². The zero-order chi connectivity index (χ0) is 18.3. The fourth-order valence-electron chi connectivity index (χ4n) is 2.75. The average molecular weight is 370 g/mol. The van der Waals surface area contributed by atoms with Gasteiger partial charge in [0.05, 0.1) is 13.2 Å². The molecule has 0 spiro atoms. The van der Waals surface area contributed by atoms with E-state index in [4.69, 9.17) is 15.8 Å². The molecule has 0 fully saturated rings. The molecule has 136 valence electrons. The van der Waals surface area contributed by atoms with Crippen LogP contribution in [0.2, 0.25) is 19.6 Å². The van der Waals surface area contributed by atoms with Crippen molar-refractivity contribution in [3.05, 3.63) is 35.9 Å². The van der Waals surface area contributed by atoms with Gasteiger partial charge in [-0.25, -0.2) is 0 Å². The lowest BCUT2D eigenvalue weighted by atomic mass is 9.82. The maximum absolute atomic E-state index is 9.87. The minimum atomic E-state index is -1.14. The van der Waals surface area contributed by atoms with Gasteiger partial charge in [0.15, 0.2) is 0 Å². The van der Waals surface area contributed by atoms with Crippen LogP contribution in [-0.2, 0) is 0 Å². The van der Waals surface area contributed by atoms with Gasteiger partial charge in [-0.2, -0.15) is 11.1 Å². The number of hydrogen-bond acceptors (Lipinski definition) is 3. The van der Waals surface area contributed by atoms with E-state index in [1.165, 1.54) is 11.1 Å². The molecule has 0 saturated heterocycles. The molecule has 1 aliphatic carbocycles. The Kier molecular flexibility index (Phi) is 8.50. The highest BCUT2D eigenvalue weighted by Crippen LogP contribution is 2.34. The number of nitrogens with zero attached hydrogens (tertiary/aromatic N) is 1. The monoisotopic (exact) mass is 369 g/mol. The zero-order valence-corrected chi connectivity index (χ0v) is 17.6. The van der Waals surface area contributed by atoms with Crippen LogP contribution in [0.25, 0.3) is 5.57 Å². The van der Waals surface area contributed by atoms with Gasteiger partial charge < -0.3 is 14.7 Å². The number of rotatable bonds is 4. The molecule has 3 nitrogen and oxygen atoms in total. The fraction of sp³-hybridized carbons (Fsp3) is 0.579. The van der Waals surface area contributed by atoms with E-state index in [9.17, 15) is 5.11 Å². The first-order valence-corrected chi connectivity index (χ1v) is 13.0. The van der Waals surface area contributed by atoms with Crippen LogP contribution in [0.5, 0.6) is 5.75 Å². The van der Waals surface area contributed by atoms with E-state index < -0.39 is 7.38 Å². The van der Waals surface area contributed by atoms with Crippen LogP contribution in [0.4, 0.5) is 0 Å². The van der Waals surface area contributed by atoms with E-state index in [-0.39, 0.29) is 6.10 Å². The van der Waals surface area contributed by atoms with Gasteiger partial charge in [-0.3, -0.25) is 0 Å². The largest absolute Gasteiger partial charge is 0.497 e. The summed E-state index contributed by atoms with van der Waals surface area (Å²) in [5, 5.41) is 9.87. The van der Waals surface area contributed by atoms with Crippen LogP contribution >= 0.6 is 11.1 Å². The van der Waals surface area contributed by atoms with Crippen molar-refractivity contribution in [3.8, 4) is 5.75 Å². The van der Waals surface area contributed by atoms with Gasteiger partial charge in [0, 0.05) is 6.54 Å². The van der Waals surface area contributed by atoms with Gasteiger partial charge in [-0.1, -0.05) is 37.8 Å².